The molecule has 0 saturated carbocycles. The maximum Gasteiger partial charge on any atom is 2.00 e. The second-order valence-corrected chi connectivity index (χ2v) is 13.3. The van der Waals surface area contributed by atoms with Crippen molar-refractivity contribution < 1.29 is 25.2 Å². The topological polar surface area (TPSA) is 44.9 Å². The number of hydrogen-bond acceptors (Lipinski definition) is 3. The van der Waals surface area contributed by atoms with Crippen LogP contribution in [0.1, 0.15) is 71.5 Å². The van der Waals surface area contributed by atoms with Crippen molar-refractivity contribution in [2.45, 2.75) is 81.1 Å². The van der Waals surface area contributed by atoms with Crippen LogP contribution in [0.5, 0.6) is 11.5 Å². The number of hydrogen-bond donors (Lipinski definition) is 0. The molecule has 3 aromatic heterocycles. The van der Waals surface area contributed by atoms with Crippen LogP contribution in [0.2, 0.25) is 0 Å². The first-order valence-electron chi connectivity index (χ1n) is 17.5. The standard InChI is InChI=1S/C44H44N4O.Pd/c1-9-11-18-40-44(43-31(7)29(5)28(4)30(6)32(43)8)38(10-2)46-48(40)33-15-14-16-34(25-33)49-35-20-21-37-36-17-12-13-19-39(36)47(41(37)26-35)42-24-27(3)22-23-45-42;/h12-17,19-24H,9-11,18H2,1-8H3;/q-2;+2. The van der Waals surface area contributed by atoms with Gasteiger partial charge in [0, 0.05) is 34.5 Å². The molecule has 0 aliphatic carbocycles. The molecule has 4 aromatic carbocycles. The van der Waals surface area contributed by atoms with Gasteiger partial charge in [-0.1, -0.05) is 44.0 Å². The molecule has 256 valence electrons. The van der Waals surface area contributed by atoms with Crippen molar-refractivity contribution in [1.82, 2.24) is 19.3 Å². The van der Waals surface area contributed by atoms with E-state index in [0.29, 0.717) is 11.5 Å². The van der Waals surface area contributed by atoms with Crippen molar-refractivity contribution in [2.24, 2.45) is 0 Å². The molecule has 3 heterocycles. The normalized spacial score (nSPS) is 11.4. The summed E-state index contributed by atoms with van der Waals surface area (Å²) < 4.78 is 10.8. The van der Waals surface area contributed by atoms with Gasteiger partial charge in [0.2, 0.25) is 0 Å². The first kappa shape index (κ1) is 35.3. The van der Waals surface area contributed by atoms with Gasteiger partial charge in [0.25, 0.3) is 0 Å². The number of nitrogens with zero attached hydrogens (tertiary/aromatic N) is 4. The van der Waals surface area contributed by atoms with E-state index >= 15 is 0 Å². The minimum Gasteiger partial charge on any atom is -0.509 e. The quantitative estimate of drug-likeness (QED) is 0.109. The molecule has 7 rings (SSSR count). The molecule has 0 N–H and O–H groups in total. The maximum atomic E-state index is 6.53. The number of rotatable bonds is 9. The van der Waals surface area contributed by atoms with Crippen LogP contribution >= 0.6 is 0 Å². The fourth-order valence-electron chi connectivity index (χ4n) is 7.24. The Balaban J connectivity index is 0.00000432. The Bertz CT molecular complexity index is 2330. The van der Waals surface area contributed by atoms with Crippen LogP contribution in [0.25, 0.3) is 44.4 Å². The fraction of sp³-hybridized carbons (Fsp3) is 0.273. The molecule has 0 saturated heterocycles. The summed E-state index contributed by atoms with van der Waals surface area (Å²) in [4.78, 5) is 4.72. The van der Waals surface area contributed by atoms with Crippen LogP contribution in [0, 0.1) is 53.7 Å². The van der Waals surface area contributed by atoms with Gasteiger partial charge in [0.15, 0.2) is 0 Å². The van der Waals surface area contributed by atoms with Gasteiger partial charge in [0.1, 0.15) is 5.82 Å². The minimum absolute atomic E-state index is 0. The molecule has 0 amide bonds. The van der Waals surface area contributed by atoms with E-state index in [1.54, 1.807) is 0 Å². The number of pyridine rings is 1. The number of unbranched alkanes of at least 4 members (excludes halogenated alkanes) is 1. The van der Waals surface area contributed by atoms with E-state index in [4.69, 9.17) is 14.8 Å². The van der Waals surface area contributed by atoms with Gasteiger partial charge in [-0.15, -0.1) is 35.7 Å². The Labute approximate surface area is 310 Å². The van der Waals surface area contributed by atoms with Gasteiger partial charge in [-0.25, -0.2) is 4.98 Å². The Morgan fingerprint density at radius 1 is 0.720 bits per heavy atom. The third-order valence-electron chi connectivity index (χ3n) is 10.3. The monoisotopic (exact) mass is 750 g/mol. The first-order valence-corrected chi connectivity index (χ1v) is 17.5. The van der Waals surface area contributed by atoms with Crippen molar-refractivity contribution in [3.05, 3.63) is 130 Å². The zero-order valence-electron chi connectivity index (χ0n) is 30.3. The summed E-state index contributed by atoms with van der Waals surface area (Å²) in [5.74, 6) is 2.10. The molecular weight excluding hydrogens is 707 g/mol. The summed E-state index contributed by atoms with van der Waals surface area (Å²) in [5, 5.41) is 7.53. The van der Waals surface area contributed by atoms with Crippen LogP contribution in [0.15, 0.2) is 72.9 Å². The van der Waals surface area contributed by atoms with Crippen LogP contribution in [-0.4, -0.2) is 19.3 Å². The largest absolute Gasteiger partial charge is 2.00 e. The van der Waals surface area contributed by atoms with Gasteiger partial charge in [0.05, 0.1) is 5.69 Å². The smallest absolute Gasteiger partial charge is 0.509 e. The molecule has 0 bridgehead atoms. The Hall–Kier alpha value is -4.50. The third kappa shape index (κ3) is 6.10. The molecular formula is C44H44N4OPd. The van der Waals surface area contributed by atoms with Crippen LogP contribution in [-0.2, 0) is 33.3 Å². The second-order valence-electron chi connectivity index (χ2n) is 13.3. The van der Waals surface area contributed by atoms with Crippen molar-refractivity contribution >= 4 is 21.8 Å². The summed E-state index contributed by atoms with van der Waals surface area (Å²) in [6.45, 7) is 17.8. The molecule has 50 heavy (non-hydrogen) atoms. The van der Waals surface area contributed by atoms with Crippen LogP contribution < -0.4 is 4.74 Å². The summed E-state index contributed by atoms with van der Waals surface area (Å²) in [7, 11) is 0. The molecule has 6 heteroatoms. The first-order chi connectivity index (χ1) is 23.7. The number of aryl methyl sites for hydroxylation is 2. The summed E-state index contributed by atoms with van der Waals surface area (Å²) >= 11 is 0. The van der Waals surface area contributed by atoms with Gasteiger partial charge in [-0.2, -0.15) is 17.2 Å². The molecule has 0 aliphatic rings. The number of aromatic nitrogens is 4. The van der Waals surface area contributed by atoms with Crippen LogP contribution in [0.4, 0.5) is 0 Å². The average Bonchev–Trinajstić information content (AvgIpc) is 3.64. The molecule has 0 fully saturated rings. The van der Waals surface area contributed by atoms with Gasteiger partial charge in [-0.3, -0.25) is 4.68 Å². The maximum absolute atomic E-state index is 6.53. The number of ether oxygens (including phenoxy) is 1. The molecule has 0 unspecified atom stereocenters. The van der Waals surface area contributed by atoms with Gasteiger partial charge < -0.3 is 9.30 Å². The minimum atomic E-state index is 0. The summed E-state index contributed by atoms with van der Waals surface area (Å²) in [5.41, 5.74) is 15.8. The Morgan fingerprint density at radius 2 is 1.44 bits per heavy atom. The second kappa shape index (κ2) is 14.4. The predicted molar refractivity (Wildman–Crippen MR) is 202 cm³/mol. The van der Waals surface area contributed by atoms with Crippen molar-refractivity contribution in [2.75, 3.05) is 0 Å². The predicted octanol–water partition coefficient (Wildman–Crippen LogP) is 11.2. The van der Waals surface area contributed by atoms with E-state index in [1.165, 1.54) is 44.6 Å². The average molecular weight is 751 g/mol. The van der Waals surface area contributed by atoms with E-state index in [-0.39, 0.29) is 20.4 Å². The van der Waals surface area contributed by atoms with Crippen molar-refractivity contribution in [3.63, 3.8) is 0 Å². The third-order valence-corrected chi connectivity index (χ3v) is 10.3. The number of para-hydroxylation sites is 1. The molecule has 5 nitrogen and oxygen atoms in total. The SMILES string of the molecule is CCCCc1c(-c2c(C)c(C)c(C)c(C)c2C)c(CC)nn1-c1[c-]c(Oc2[c-]c3c(cc2)c2ccccc2n3-c2cc(C)ccn2)ccc1.[Pd+2]. The Kier molecular flexibility index (Phi) is 10.2. The fourth-order valence-corrected chi connectivity index (χ4v) is 7.24. The summed E-state index contributed by atoms with van der Waals surface area (Å²) in [6.07, 6.45) is 5.83. The van der Waals surface area contributed by atoms with E-state index in [2.05, 4.69) is 119 Å². The Morgan fingerprint density at radius 3 is 2.16 bits per heavy atom. The van der Waals surface area contributed by atoms with Crippen molar-refractivity contribution in [3.8, 4) is 34.1 Å². The van der Waals surface area contributed by atoms with Crippen molar-refractivity contribution in [1.29, 1.82) is 0 Å². The number of fused-ring (bicyclic) bond motifs is 3. The van der Waals surface area contributed by atoms with E-state index in [1.807, 2.05) is 30.5 Å². The van der Waals surface area contributed by atoms with Crippen LogP contribution in [0.3, 0.4) is 0 Å². The van der Waals surface area contributed by atoms with Gasteiger partial charge in [-0.05, 0) is 129 Å². The molecule has 7 aromatic rings. The summed E-state index contributed by atoms with van der Waals surface area (Å²) in [6, 6.07) is 29.9. The zero-order valence-corrected chi connectivity index (χ0v) is 31.8. The van der Waals surface area contributed by atoms with Gasteiger partial charge >= 0.3 is 20.4 Å². The number of benzene rings is 4. The van der Waals surface area contributed by atoms with E-state index < -0.39 is 0 Å². The molecule has 0 aliphatic heterocycles. The van der Waals surface area contributed by atoms with E-state index in [9.17, 15) is 0 Å². The zero-order chi connectivity index (χ0) is 34.4. The molecule has 0 atom stereocenters. The molecule has 0 spiro atoms. The van der Waals surface area contributed by atoms with E-state index in [0.717, 1.165) is 70.3 Å². The molecule has 0 radical (unpaired) electrons.